The molecule has 92 valence electrons. The molecule has 2 bridgehead atoms. The maximum atomic E-state index is 11.3. The molecule has 2 aliphatic heterocycles. The third-order valence-corrected chi connectivity index (χ3v) is 3.89. The SMILES string of the molecule is CN1CCCC1c1c2ccnc1OS(=O)(=O)O2. The summed E-state index contributed by atoms with van der Waals surface area (Å²) in [6.07, 6.45) is 3.51. The Hall–Kier alpha value is -1.34. The highest BCUT2D eigenvalue weighted by Crippen LogP contribution is 2.43. The molecule has 1 aromatic heterocycles. The Morgan fingerprint density at radius 2 is 2.29 bits per heavy atom. The fraction of sp³-hybridized carbons (Fsp3) is 0.500. The number of nitrogens with zero attached hydrogens (tertiary/aromatic N) is 2. The van der Waals surface area contributed by atoms with Crippen LogP contribution in [0.15, 0.2) is 12.3 Å². The van der Waals surface area contributed by atoms with E-state index in [2.05, 4.69) is 9.88 Å². The first kappa shape index (κ1) is 10.8. The molecule has 2 aliphatic rings. The van der Waals surface area contributed by atoms with E-state index in [0.717, 1.165) is 24.9 Å². The molecule has 0 N–H and O–H groups in total. The summed E-state index contributed by atoms with van der Waals surface area (Å²) in [5, 5.41) is 0. The zero-order chi connectivity index (χ0) is 12.0. The summed E-state index contributed by atoms with van der Waals surface area (Å²) in [5.41, 5.74) is 0.738. The lowest BCUT2D eigenvalue weighted by atomic mass is 10.1. The third-order valence-electron chi connectivity index (χ3n) is 3.14. The van der Waals surface area contributed by atoms with E-state index in [1.165, 1.54) is 6.20 Å². The first-order valence-electron chi connectivity index (χ1n) is 5.40. The molecule has 7 heteroatoms. The number of likely N-dealkylation sites (tertiary alicyclic amines) is 1. The van der Waals surface area contributed by atoms with Crippen molar-refractivity contribution in [3.63, 3.8) is 0 Å². The first-order chi connectivity index (χ1) is 8.07. The molecule has 0 spiro atoms. The predicted octanol–water partition coefficient (Wildman–Crippen LogP) is 0.864. The second kappa shape index (κ2) is 3.58. The van der Waals surface area contributed by atoms with E-state index in [-0.39, 0.29) is 11.9 Å². The second-order valence-electron chi connectivity index (χ2n) is 4.24. The van der Waals surface area contributed by atoms with Crippen LogP contribution in [0, 0.1) is 0 Å². The number of pyridine rings is 1. The highest BCUT2D eigenvalue weighted by molar-refractivity contribution is 7.82. The predicted molar refractivity (Wildman–Crippen MR) is 59.0 cm³/mol. The molecule has 3 rings (SSSR count). The Morgan fingerprint density at radius 3 is 2.94 bits per heavy atom. The Labute approximate surface area is 99.5 Å². The zero-order valence-electron chi connectivity index (χ0n) is 9.29. The number of fused-ring (bicyclic) bond motifs is 2. The molecule has 3 heterocycles. The van der Waals surface area contributed by atoms with Gasteiger partial charge < -0.3 is 8.37 Å². The molecule has 1 saturated heterocycles. The van der Waals surface area contributed by atoms with Gasteiger partial charge in [-0.1, -0.05) is 0 Å². The molecule has 0 radical (unpaired) electrons. The van der Waals surface area contributed by atoms with Gasteiger partial charge in [0.1, 0.15) is 0 Å². The van der Waals surface area contributed by atoms with Crippen molar-refractivity contribution in [1.82, 2.24) is 9.88 Å². The van der Waals surface area contributed by atoms with Crippen LogP contribution in [0.5, 0.6) is 11.6 Å². The summed E-state index contributed by atoms with van der Waals surface area (Å²) in [4.78, 5) is 6.12. The van der Waals surface area contributed by atoms with Crippen molar-refractivity contribution >= 4 is 10.4 Å². The van der Waals surface area contributed by atoms with Crippen LogP contribution >= 0.6 is 0 Å². The van der Waals surface area contributed by atoms with Crippen molar-refractivity contribution in [3.05, 3.63) is 17.8 Å². The van der Waals surface area contributed by atoms with Gasteiger partial charge in [0.2, 0.25) is 5.88 Å². The van der Waals surface area contributed by atoms with E-state index < -0.39 is 10.4 Å². The van der Waals surface area contributed by atoms with Gasteiger partial charge in [-0.2, -0.15) is 0 Å². The summed E-state index contributed by atoms with van der Waals surface area (Å²) >= 11 is 0. The summed E-state index contributed by atoms with van der Waals surface area (Å²) in [6, 6.07) is 1.68. The topological polar surface area (TPSA) is 68.7 Å². The minimum Gasteiger partial charge on any atom is -0.352 e. The summed E-state index contributed by atoms with van der Waals surface area (Å²) in [5.74, 6) is 0.479. The van der Waals surface area contributed by atoms with Crippen LogP contribution < -0.4 is 8.37 Å². The van der Waals surface area contributed by atoms with Crippen LogP contribution in [0.3, 0.4) is 0 Å². The molecule has 1 atom stereocenters. The van der Waals surface area contributed by atoms with E-state index in [1.807, 2.05) is 7.05 Å². The van der Waals surface area contributed by atoms with Crippen molar-refractivity contribution in [2.75, 3.05) is 13.6 Å². The fourth-order valence-corrected chi connectivity index (χ4v) is 3.11. The molecule has 1 unspecified atom stereocenters. The monoisotopic (exact) mass is 256 g/mol. The van der Waals surface area contributed by atoms with Gasteiger partial charge in [0.05, 0.1) is 5.56 Å². The van der Waals surface area contributed by atoms with Gasteiger partial charge in [-0.25, -0.2) is 4.98 Å². The Kier molecular flexibility index (Phi) is 2.27. The summed E-state index contributed by atoms with van der Waals surface area (Å²) < 4.78 is 32.2. The van der Waals surface area contributed by atoms with Gasteiger partial charge in [-0.3, -0.25) is 4.90 Å². The maximum absolute atomic E-state index is 11.3. The standard InChI is InChI=1S/C10H12N2O4S/c1-12-6-2-3-7(12)9-8-4-5-11-10(9)16-17(13,14)15-8/h4-5,7H,2-3,6H2,1H3. The van der Waals surface area contributed by atoms with E-state index in [9.17, 15) is 8.42 Å². The molecular formula is C10H12N2O4S. The molecule has 1 aromatic rings. The van der Waals surface area contributed by atoms with Crippen LogP contribution in [0.25, 0.3) is 0 Å². The fourth-order valence-electron chi connectivity index (χ4n) is 2.38. The van der Waals surface area contributed by atoms with Crippen molar-refractivity contribution < 1.29 is 16.8 Å². The average Bonchev–Trinajstić information content (AvgIpc) is 2.62. The van der Waals surface area contributed by atoms with Gasteiger partial charge in [0, 0.05) is 18.3 Å². The van der Waals surface area contributed by atoms with Gasteiger partial charge in [0.25, 0.3) is 0 Å². The van der Waals surface area contributed by atoms with Crippen LogP contribution in [-0.2, 0) is 10.4 Å². The minimum atomic E-state index is -3.98. The molecular weight excluding hydrogens is 244 g/mol. The van der Waals surface area contributed by atoms with Crippen LogP contribution in [0.1, 0.15) is 24.4 Å². The third kappa shape index (κ3) is 1.75. The largest absolute Gasteiger partial charge is 0.502 e. The average molecular weight is 256 g/mol. The van der Waals surface area contributed by atoms with Gasteiger partial charge in [-0.05, 0) is 26.4 Å². The summed E-state index contributed by atoms with van der Waals surface area (Å²) in [7, 11) is -1.99. The van der Waals surface area contributed by atoms with E-state index in [4.69, 9.17) is 8.37 Å². The second-order valence-corrected chi connectivity index (χ2v) is 5.39. The number of hydrogen-bond donors (Lipinski definition) is 0. The molecule has 17 heavy (non-hydrogen) atoms. The lowest BCUT2D eigenvalue weighted by Gasteiger charge is -2.26. The van der Waals surface area contributed by atoms with Crippen LogP contribution in [-0.4, -0.2) is 31.9 Å². The lowest BCUT2D eigenvalue weighted by molar-refractivity contribution is 0.291. The molecule has 6 nitrogen and oxygen atoms in total. The van der Waals surface area contributed by atoms with E-state index in [1.54, 1.807) is 6.07 Å². The first-order valence-corrected chi connectivity index (χ1v) is 6.73. The molecule has 1 fully saturated rings. The van der Waals surface area contributed by atoms with Crippen LogP contribution in [0.2, 0.25) is 0 Å². The maximum Gasteiger partial charge on any atom is 0.502 e. The summed E-state index contributed by atoms with van der Waals surface area (Å²) in [6.45, 7) is 0.977. The van der Waals surface area contributed by atoms with E-state index in [0.29, 0.717) is 5.75 Å². The van der Waals surface area contributed by atoms with Crippen molar-refractivity contribution in [3.8, 4) is 11.6 Å². The quantitative estimate of drug-likeness (QED) is 0.742. The Bertz CT molecular complexity index is 527. The minimum absolute atomic E-state index is 0.115. The lowest BCUT2D eigenvalue weighted by Crippen LogP contribution is -2.27. The highest BCUT2D eigenvalue weighted by Gasteiger charge is 2.36. The zero-order valence-corrected chi connectivity index (χ0v) is 10.1. The van der Waals surface area contributed by atoms with Crippen molar-refractivity contribution in [1.29, 1.82) is 0 Å². The highest BCUT2D eigenvalue weighted by atomic mass is 32.3. The number of rotatable bonds is 1. The molecule has 0 amide bonds. The smallest absolute Gasteiger partial charge is 0.352 e. The van der Waals surface area contributed by atoms with Gasteiger partial charge >= 0.3 is 10.4 Å². The van der Waals surface area contributed by atoms with Crippen molar-refractivity contribution in [2.45, 2.75) is 18.9 Å². The van der Waals surface area contributed by atoms with Gasteiger partial charge in [0.15, 0.2) is 5.75 Å². The molecule has 0 aliphatic carbocycles. The molecule has 0 aromatic carbocycles. The number of aromatic nitrogens is 1. The van der Waals surface area contributed by atoms with Gasteiger partial charge in [-0.15, -0.1) is 8.42 Å². The van der Waals surface area contributed by atoms with Crippen molar-refractivity contribution in [2.24, 2.45) is 0 Å². The molecule has 0 saturated carbocycles. The van der Waals surface area contributed by atoms with E-state index >= 15 is 0 Å². The normalized spacial score (nSPS) is 26.3. The Morgan fingerprint density at radius 1 is 1.47 bits per heavy atom. The number of hydrogen-bond acceptors (Lipinski definition) is 6. The van der Waals surface area contributed by atoms with Crippen LogP contribution in [0.4, 0.5) is 0 Å². The Balaban J connectivity index is 2.10.